The van der Waals surface area contributed by atoms with Gasteiger partial charge in [0, 0.05) is 12.2 Å². The summed E-state index contributed by atoms with van der Waals surface area (Å²) >= 11 is 1.60. The Bertz CT molecular complexity index is 571. The zero-order valence-corrected chi connectivity index (χ0v) is 12.5. The third kappa shape index (κ3) is 4.02. The summed E-state index contributed by atoms with van der Waals surface area (Å²) in [6, 6.07) is 4.60. The Kier molecular flexibility index (Phi) is 5.09. The highest BCUT2D eigenvalue weighted by Crippen LogP contribution is 2.23. The number of benzene rings is 1. The summed E-state index contributed by atoms with van der Waals surface area (Å²) in [6.45, 7) is 4.42. The Morgan fingerprint density at radius 2 is 2.25 bits per heavy atom. The smallest absolute Gasteiger partial charge is 0.124 e. The van der Waals surface area contributed by atoms with E-state index in [1.165, 1.54) is 12.1 Å². The predicted octanol–water partition coefficient (Wildman–Crippen LogP) is 3.45. The van der Waals surface area contributed by atoms with Crippen LogP contribution in [-0.4, -0.2) is 11.0 Å². The molecule has 1 unspecified atom stereocenters. The van der Waals surface area contributed by atoms with Crippen LogP contribution in [-0.2, 0) is 13.0 Å². The first kappa shape index (κ1) is 14.9. The van der Waals surface area contributed by atoms with Gasteiger partial charge < -0.3 is 10.5 Å². The summed E-state index contributed by atoms with van der Waals surface area (Å²) in [4.78, 5) is 5.24. The average Bonchev–Trinajstić information content (AvgIpc) is 2.83. The van der Waals surface area contributed by atoms with Crippen LogP contribution in [0.4, 0.5) is 4.39 Å². The number of aryl methyl sites for hydroxylation is 1. The maximum Gasteiger partial charge on any atom is 0.124 e. The number of aromatic nitrogens is 1. The molecule has 1 aromatic heterocycles. The van der Waals surface area contributed by atoms with Gasteiger partial charge in [0.1, 0.15) is 18.2 Å². The van der Waals surface area contributed by atoms with Gasteiger partial charge in [-0.25, -0.2) is 9.37 Å². The van der Waals surface area contributed by atoms with Crippen LogP contribution >= 0.6 is 11.3 Å². The molecular weight excluding hydrogens is 275 g/mol. The summed E-state index contributed by atoms with van der Waals surface area (Å²) in [6.07, 6.45) is 3.27. The molecule has 2 aromatic rings. The molecule has 0 saturated carbocycles. The average molecular weight is 294 g/mol. The number of nitrogens with two attached hydrogens (primary N) is 1. The lowest BCUT2D eigenvalue weighted by atomic mass is 10.0. The number of ether oxygens (including phenoxy) is 1. The minimum Gasteiger partial charge on any atom is -0.488 e. The monoisotopic (exact) mass is 294 g/mol. The summed E-state index contributed by atoms with van der Waals surface area (Å²) in [7, 11) is 0. The van der Waals surface area contributed by atoms with E-state index in [0.29, 0.717) is 18.8 Å². The number of hydrogen-bond acceptors (Lipinski definition) is 4. The molecule has 5 heteroatoms. The lowest BCUT2D eigenvalue weighted by Crippen LogP contribution is -2.21. The molecule has 1 atom stereocenters. The highest BCUT2D eigenvalue weighted by Gasteiger charge is 2.10. The van der Waals surface area contributed by atoms with Gasteiger partial charge in [-0.05, 0) is 43.5 Å². The summed E-state index contributed by atoms with van der Waals surface area (Å²) in [5.41, 5.74) is 6.77. The molecule has 0 fully saturated rings. The van der Waals surface area contributed by atoms with Crippen molar-refractivity contribution in [1.29, 1.82) is 0 Å². The van der Waals surface area contributed by atoms with Crippen molar-refractivity contribution in [2.75, 3.05) is 0 Å². The van der Waals surface area contributed by atoms with E-state index in [0.717, 1.165) is 21.9 Å². The fourth-order valence-electron chi connectivity index (χ4n) is 1.90. The van der Waals surface area contributed by atoms with Crippen LogP contribution in [0.15, 0.2) is 24.4 Å². The lowest BCUT2D eigenvalue weighted by molar-refractivity contribution is 0.305. The molecule has 0 aliphatic carbocycles. The van der Waals surface area contributed by atoms with Crippen LogP contribution in [0, 0.1) is 12.7 Å². The number of nitrogens with zero attached hydrogens (tertiary/aromatic N) is 1. The zero-order valence-electron chi connectivity index (χ0n) is 11.7. The first-order chi connectivity index (χ1) is 9.58. The van der Waals surface area contributed by atoms with Crippen LogP contribution in [0.5, 0.6) is 5.75 Å². The fraction of sp³-hybridized carbons (Fsp3) is 0.400. The molecule has 0 bridgehead atoms. The van der Waals surface area contributed by atoms with E-state index < -0.39 is 0 Å². The molecule has 0 aliphatic rings. The van der Waals surface area contributed by atoms with Crippen molar-refractivity contribution in [3.63, 3.8) is 0 Å². The van der Waals surface area contributed by atoms with Crippen molar-refractivity contribution < 1.29 is 9.13 Å². The molecule has 3 nitrogen and oxygen atoms in total. The van der Waals surface area contributed by atoms with Gasteiger partial charge >= 0.3 is 0 Å². The van der Waals surface area contributed by atoms with E-state index >= 15 is 0 Å². The van der Waals surface area contributed by atoms with E-state index in [4.69, 9.17) is 10.5 Å². The number of thiazole rings is 1. The van der Waals surface area contributed by atoms with Gasteiger partial charge in [-0.15, -0.1) is 11.3 Å². The number of hydrogen-bond donors (Lipinski definition) is 1. The summed E-state index contributed by atoms with van der Waals surface area (Å²) in [5, 5.41) is 1.01. The van der Waals surface area contributed by atoms with E-state index in [1.54, 1.807) is 23.6 Å². The van der Waals surface area contributed by atoms with Crippen LogP contribution in [0.25, 0.3) is 0 Å². The number of halogens is 1. The Balaban J connectivity index is 2.09. The molecule has 2 rings (SSSR count). The molecule has 108 valence electrons. The first-order valence-electron chi connectivity index (χ1n) is 6.66. The van der Waals surface area contributed by atoms with Crippen molar-refractivity contribution in [2.24, 2.45) is 5.73 Å². The largest absolute Gasteiger partial charge is 0.488 e. The van der Waals surface area contributed by atoms with Crippen LogP contribution < -0.4 is 10.5 Å². The number of rotatable bonds is 6. The second-order valence-electron chi connectivity index (χ2n) is 4.76. The standard InChI is InChI=1S/C15H19FN2OS/c1-3-13(17)7-11-6-12(16)4-5-15(11)19-9-14-8-18-10(2)20-14/h4-6,8,13H,3,7,9,17H2,1-2H3. The molecule has 0 radical (unpaired) electrons. The molecule has 20 heavy (non-hydrogen) atoms. The predicted molar refractivity (Wildman–Crippen MR) is 79.6 cm³/mol. The van der Waals surface area contributed by atoms with Crippen molar-refractivity contribution in [1.82, 2.24) is 4.98 Å². The van der Waals surface area contributed by atoms with Crippen LogP contribution in [0.3, 0.4) is 0 Å². The Hall–Kier alpha value is -1.46. The highest BCUT2D eigenvalue weighted by molar-refractivity contribution is 7.11. The Morgan fingerprint density at radius 3 is 2.90 bits per heavy atom. The van der Waals surface area contributed by atoms with Crippen molar-refractivity contribution >= 4 is 11.3 Å². The van der Waals surface area contributed by atoms with E-state index in [1.807, 2.05) is 13.8 Å². The molecular formula is C15H19FN2OS. The minimum atomic E-state index is -0.260. The third-order valence-electron chi connectivity index (χ3n) is 3.07. The SMILES string of the molecule is CCC(N)Cc1cc(F)ccc1OCc1cnc(C)s1. The topological polar surface area (TPSA) is 48.1 Å². The van der Waals surface area contributed by atoms with Gasteiger partial charge in [-0.3, -0.25) is 0 Å². The minimum absolute atomic E-state index is 0.0183. The van der Waals surface area contributed by atoms with Crippen LogP contribution in [0.2, 0.25) is 0 Å². The van der Waals surface area contributed by atoms with E-state index in [2.05, 4.69) is 4.98 Å². The van der Waals surface area contributed by atoms with Crippen molar-refractivity contribution in [3.05, 3.63) is 45.7 Å². The van der Waals surface area contributed by atoms with Crippen molar-refractivity contribution in [2.45, 2.75) is 39.3 Å². The first-order valence-corrected chi connectivity index (χ1v) is 7.48. The molecule has 0 aliphatic heterocycles. The Labute approximate surface area is 122 Å². The molecule has 1 heterocycles. The maximum atomic E-state index is 13.4. The molecule has 1 aromatic carbocycles. The maximum absolute atomic E-state index is 13.4. The molecule has 0 spiro atoms. The fourth-order valence-corrected chi connectivity index (χ4v) is 2.60. The van der Waals surface area contributed by atoms with Crippen molar-refractivity contribution in [3.8, 4) is 5.75 Å². The van der Waals surface area contributed by atoms with Gasteiger partial charge in [0.25, 0.3) is 0 Å². The summed E-state index contributed by atoms with van der Waals surface area (Å²) < 4.78 is 19.1. The van der Waals surface area contributed by atoms with Gasteiger partial charge in [0.15, 0.2) is 0 Å². The molecule has 0 amide bonds. The molecule has 0 saturated heterocycles. The van der Waals surface area contributed by atoms with Gasteiger partial charge in [0.05, 0.1) is 9.88 Å². The van der Waals surface area contributed by atoms with E-state index in [-0.39, 0.29) is 11.9 Å². The quantitative estimate of drug-likeness (QED) is 0.887. The van der Waals surface area contributed by atoms with E-state index in [9.17, 15) is 4.39 Å². The summed E-state index contributed by atoms with van der Waals surface area (Å²) in [5.74, 6) is 0.436. The second-order valence-corrected chi connectivity index (χ2v) is 6.08. The third-order valence-corrected chi connectivity index (χ3v) is 3.95. The van der Waals surface area contributed by atoms with Gasteiger partial charge in [0.2, 0.25) is 0 Å². The molecule has 2 N–H and O–H groups in total. The normalized spacial score (nSPS) is 12.4. The Morgan fingerprint density at radius 1 is 1.45 bits per heavy atom. The zero-order chi connectivity index (χ0) is 14.5. The van der Waals surface area contributed by atoms with Gasteiger partial charge in [-0.1, -0.05) is 6.92 Å². The second kappa shape index (κ2) is 6.81. The van der Waals surface area contributed by atoms with Gasteiger partial charge in [-0.2, -0.15) is 0 Å². The highest BCUT2D eigenvalue weighted by atomic mass is 32.1. The lowest BCUT2D eigenvalue weighted by Gasteiger charge is -2.14. The van der Waals surface area contributed by atoms with Crippen LogP contribution in [0.1, 0.15) is 28.8 Å².